The molecule has 8 aromatic carbocycles. The highest BCUT2D eigenvalue weighted by atomic mass is 15.4. The lowest BCUT2D eigenvalue weighted by atomic mass is 9.94. The van der Waals surface area contributed by atoms with E-state index in [1.165, 1.54) is 49.4 Å². The van der Waals surface area contributed by atoms with E-state index in [2.05, 4.69) is 202 Å². The summed E-state index contributed by atoms with van der Waals surface area (Å²) in [5.41, 5.74) is 11.2. The van der Waals surface area contributed by atoms with E-state index in [1.54, 1.807) is 0 Å². The van der Waals surface area contributed by atoms with Crippen LogP contribution in [0.5, 0.6) is 0 Å². The molecule has 1 aliphatic heterocycles. The number of hydrogen-bond donors (Lipinski definition) is 1. The van der Waals surface area contributed by atoms with Gasteiger partial charge in [0.15, 0.2) is 0 Å². The van der Waals surface area contributed by atoms with Crippen LogP contribution in [0.15, 0.2) is 187 Å². The fourth-order valence-electron chi connectivity index (χ4n) is 8.65. The van der Waals surface area contributed by atoms with Gasteiger partial charge in [0.2, 0.25) is 5.96 Å². The second-order valence-corrected chi connectivity index (χ2v) is 14.4. The highest BCUT2D eigenvalue weighted by Gasteiger charge is 2.33. The quantitative estimate of drug-likeness (QED) is 0.181. The summed E-state index contributed by atoms with van der Waals surface area (Å²) in [7, 11) is 2.13. The molecule has 0 saturated heterocycles. The zero-order chi connectivity index (χ0) is 36.5. The van der Waals surface area contributed by atoms with E-state index >= 15 is 0 Å². The average Bonchev–Trinajstić information content (AvgIpc) is 3.81. The van der Waals surface area contributed by atoms with Gasteiger partial charge < -0.3 is 9.88 Å². The standard InChI is InChI=1S/C49H36N6/c1-53-46(34-14-5-2-6-15-34)51-49(52-47(53)35-16-7-3-8-17-35)55-41-22-12-11-21-40(41)50-48(55)36-26-24-32(25-27-36)38-30-31-43-45-39(38)29-28-33-18-13-23-42(44(33)45)54(43)37-19-9-4-10-20-37/h2-31,46-47H,1H3,(H,51,52). The van der Waals surface area contributed by atoms with E-state index in [9.17, 15) is 0 Å². The van der Waals surface area contributed by atoms with Crippen molar-refractivity contribution >= 4 is 49.6 Å². The van der Waals surface area contributed by atoms with Crippen LogP contribution in [0.2, 0.25) is 0 Å². The number of benzene rings is 8. The highest BCUT2D eigenvalue weighted by molar-refractivity contribution is 6.26. The first kappa shape index (κ1) is 31.5. The zero-order valence-corrected chi connectivity index (χ0v) is 30.2. The Morgan fingerprint density at radius 3 is 1.95 bits per heavy atom. The van der Waals surface area contributed by atoms with Crippen LogP contribution >= 0.6 is 0 Å². The molecule has 0 radical (unpaired) electrons. The van der Waals surface area contributed by atoms with Crippen molar-refractivity contribution in [2.24, 2.45) is 4.99 Å². The Balaban J connectivity index is 1.05. The number of imidazole rings is 1. The topological polar surface area (TPSA) is 50.4 Å². The Bertz CT molecular complexity index is 3020. The van der Waals surface area contributed by atoms with Crippen LogP contribution in [0.4, 0.5) is 0 Å². The van der Waals surface area contributed by atoms with Gasteiger partial charge in [-0.25, -0.2) is 9.98 Å². The SMILES string of the molecule is CN1C(c2ccccc2)N=C(n2c(-c3ccc(-c4ccc5c6c4ccc4cccc(c46)n5-c4ccccc4)cc3)nc3ccccc32)NC1c1ccccc1. The molecule has 1 aliphatic rings. The van der Waals surface area contributed by atoms with Crippen LogP contribution in [0.25, 0.3) is 71.8 Å². The van der Waals surface area contributed by atoms with E-state index in [1.807, 2.05) is 6.07 Å². The average molecular weight is 709 g/mol. The molecule has 262 valence electrons. The molecule has 6 nitrogen and oxygen atoms in total. The molecule has 3 heterocycles. The van der Waals surface area contributed by atoms with E-state index in [-0.39, 0.29) is 12.3 Å². The molecule has 2 aromatic heterocycles. The predicted octanol–water partition coefficient (Wildman–Crippen LogP) is 11.2. The van der Waals surface area contributed by atoms with Crippen LogP contribution < -0.4 is 5.32 Å². The van der Waals surface area contributed by atoms with Crippen LogP contribution in [0.1, 0.15) is 23.5 Å². The molecular formula is C49H36N6. The Morgan fingerprint density at radius 1 is 0.509 bits per heavy atom. The van der Waals surface area contributed by atoms with Crippen LogP contribution in [0, 0.1) is 0 Å². The molecule has 10 aromatic rings. The van der Waals surface area contributed by atoms with E-state index in [0.717, 1.165) is 39.5 Å². The molecule has 1 N–H and O–H groups in total. The molecule has 55 heavy (non-hydrogen) atoms. The number of nitrogens with one attached hydrogen (secondary N) is 1. The first-order valence-electron chi connectivity index (χ1n) is 18.8. The van der Waals surface area contributed by atoms with Crippen molar-refractivity contribution in [1.82, 2.24) is 24.3 Å². The van der Waals surface area contributed by atoms with Crippen molar-refractivity contribution in [1.29, 1.82) is 0 Å². The summed E-state index contributed by atoms with van der Waals surface area (Å²) in [5, 5.41) is 8.93. The van der Waals surface area contributed by atoms with Crippen LogP contribution in [-0.4, -0.2) is 32.0 Å². The molecule has 2 unspecified atom stereocenters. The molecule has 0 aliphatic carbocycles. The Hall–Kier alpha value is -7.02. The maximum Gasteiger partial charge on any atom is 0.207 e. The minimum absolute atomic E-state index is 0.108. The van der Waals surface area contributed by atoms with Gasteiger partial charge >= 0.3 is 0 Å². The molecule has 2 atom stereocenters. The fraction of sp³-hybridized carbons (Fsp3) is 0.0612. The number of nitrogens with zero attached hydrogens (tertiary/aromatic N) is 5. The summed E-state index contributed by atoms with van der Waals surface area (Å²) < 4.78 is 4.59. The number of fused-ring (bicyclic) bond motifs is 1. The van der Waals surface area contributed by atoms with Crippen LogP contribution in [0.3, 0.4) is 0 Å². The molecule has 0 saturated carbocycles. The smallest absolute Gasteiger partial charge is 0.207 e. The van der Waals surface area contributed by atoms with Crippen molar-refractivity contribution in [3.63, 3.8) is 0 Å². The monoisotopic (exact) mass is 708 g/mol. The maximum atomic E-state index is 5.40. The highest BCUT2D eigenvalue weighted by Crippen LogP contribution is 2.43. The van der Waals surface area contributed by atoms with Gasteiger partial charge in [0.1, 0.15) is 18.2 Å². The van der Waals surface area contributed by atoms with Gasteiger partial charge in [-0.1, -0.05) is 146 Å². The van der Waals surface area contributed by atoms with Gasteiger partial charge in [0, 0.05) is 22.0 Å². The fourth-order valence-corrected chi connectivity index (χ4v) is 8.65. The lowest BCUT2D eigenvalue weighted by Crippen LogP contribution is -2.48. The maximum absolute atomic E-state index is 5.40. The molecule has 11 rings (SSSR count). The number of aromatic nitrogens is 3. The van der Waals surface area contributed by atoms with Crippen molar-refractivity contribution in [3.05, 3.63) is 193 Å². The second kappa shape index (κ2) is 12.5. The van der Waals surface area contributed by atoms with Gasteiger partial charge in [-0.2, -0.15) is 0 Å². The Labute approximate surface area is 318 Å². The Kier molecular flexibility index (Phi) is 7.19. The minimum atomic E-state index is -0.202. The predicted molar refractivity (Wildman–Crippen MR) is 226 cm³/mol. The largest absolute Gasteiger partial charge is 0.336 e. The summed E-state index contributed by atoms with van der Waals surface area (Å²) in [6.07, 6.45) is -0.309. The van der Waals surface area contributed by atoms with Gasteiger partial charge in [0.05, 0.1) is 22.1 Å². The number of aliphatic imine (C=N–C) groups is 1. The number of para-hydroxylation sites is 3. The van der Waals surface area contributed by atoms with Gasteiger partial charge in [-0.3, -0.25) is 9.47 Å². The second-order valence-electron chi connectivity index (χ2n) is 14.4. The van der Waals surface area contributed by atoms with Crippen molar-refractivity contribution in [2.75, 3.05) is 7.05 Å². The molecular weight excluding hydrogens is 673 g/mol. The van der Waals surface area contributed by atoms with Crippen LogP contribution in [-0.2, 0) is 0 Å². The third-order valence-corrected chi connectivity index (χ3v) is 11.2. The summed E-state index contributed by atoms with van der Waals surface area (Å²) in [5.74, 6) is 1.61. The summed E-state index contributed by atoms with van der Waals surface area (Å²) in [4.78, 5) is 12.9. The number of rotatable bonds is 5. The molecule has 0 fully saturated rings. The van der Waals surface area contributed by atoms with Crippen molar-refractivity contribution in [3.8, 4) is 28.2 Å². The third-order valence-electron chi connectivity index (χ3n) is 11.2. The normalized spacial score (nSPS) is 16.3. The third kappa shape index (κ3) is 4.99. The molecule has 0 bridgehead atoms. The molecule has 6 heteroatoms. The first-order chi connectivity index (χ1) is 27.2. The van der Waals surface area contributed by atoms with E-state index < -0.39 is 0 Å². The lowest BCUT2D eigenvalue weighted by Gasteiger charge is -2.39. The van der Waals surface area contributed by atoms with E-state index in [4.69, 9.17) is 9.98 Å². The molecule has 0 amide bonds. The Morgan fingerprint density at radius 2 is 1.16 bits per heavy atom. The summed E-state index contributed by atoms with van der Waals surface area (Å²) >= 11 is 0. The first-order valence-corrected chi connectivity index (χ1v) is 18.8. The van der Waals surface area contributed by atoms with E-state index in [0.29, 0.717) is 0 Å². The van der Waals surface area contributed by atoms with Gasteiger partial charge in [0.25, 0.3) is 0 Å². The summed E-state index contributed by atoms with van der Waals surface area (Å²) in [6, 6.07) is 64.7. The van der Waals surface area contributed by atoms with Crippen molar-refractivity contribution < 1.29 is 0 Å². The summed E-state index contributed by atoms with van der Waals surface area (Å²) in [6.45, 7) is 0. The molecule has 0 spiro atoms. The van der Waals surface area contributed by atoms with Gasteiger partial charge in [-0.05, 0) is 76.5 Å². The zero-order valence-electron chi connectivity index (χ0n) is 30.2. The minimum Gasteiger partial charge on any atom is -0.336 e. The van der Waals surface area contributed by atoms with Gasteiger partial charge in [-0.15, -0.1) is 0 Å². The number of hydrogen-bond acceptors (Lipinski definition) is 4. The van der Waals surface area contributed by atoms with Crippen molar-refractivity contribution in [2.45, 2.75) is 12.3 Å². The lowest BCUT2D eigenvalue weighted by molar-refractivity contribution is 0.150.